The van der Waals surface area contributed by atoms with Gasteiger partial charge >= 0.3 is 6.34 Å². The number of benzene rings is 2. The van der Waals surface area contributed by atoms with Crippen LogP contribution in [0.1, 0.15) is 11.1 Å². The highest BCUT2D eigenvalue weighted by atomic mass is 16.5. The van der Waals surface area contributed by atoms with Crippen molar-refractivity contribution in [3.8, 4) is 17.2 Å². The zero-order valence-electron chi connectivity index (χ0n) is 12.0. The summed E-state index contributed by atoms with van der Waals surface area (Å²) in [5.74, 6) is 3.84. The quantitative estimate of drug-likeness (QED) is 0.738. The molecule has 0 amide bonds. The minimum absolute atomic E-state index is 0.151. The van der Waals surface area contributed by atoms with Gasteiger partial charge in [-0.25, -0.2) is 5.32 Å². The molecule has 0 saturated carbocycles. The highest BCUT2D eigenvalue weighted by Crippen LogP contribution is 2.38. The third-order valence-electron chi connectivity index (χ3n) is 3.77. The van der Waals surface area contributed by atoms with Crippen LogP contribution in [0.25, 0.3) is 11.6 Å². The third kappa shape index (κ3) is 2.36. The molecule has 2 aromatic carbocycles. The van der Waals surface area contributed by atoms with Crippen molar-refractivity contribution < 1.29 is 14.9 Å². The Morgan fingerprint density at radius 3 is 2.57 bits per heavy atom. The van der Waals surface area contributed by atoms with Crippen LogP contribution < -0.4 is 14.7 Å². The van der Waals surface area contributed by atoms with Crippen molar-refractivity contribution in [3.05, 3.63) is 59.3 Å². The highest BCUT2D eigenvalue weighted by molar-refractivity contribution is 5.92. The lowest BCUT2D eigenvalue weighted by atomic mass is 9.93. The molecular weight excluding hydrogens is 292 g/mol. The van der Waals surface area contributed by atoms with Crippen LogP contribution in [-0.2, 0) is 0 Å². The van der Waals surface area contributed by atoms with E-state index in [1.165, 1.54) is 0 Å². The van der Waals surface area contributed by atoms with E-state index in [9.17, 15) is 10.2 Å². The normalized spacial score (nSPS) is 17.8. The second kappa shape index (κ2) is 5.11. The molecule has 2 aliphatic rings. The molecule has 4 rings (SSSR count). The lowest BCUT2D eigenvalue weighted by Gasteiger charge is -2.25. The van der Waals surface area contributed by atoms with Crippen LogP contribution in [0, 0.1) is 0 Å². The summed E-state index contributed by atoms with van der Waals surface area (Å²) in [6.07, 6.45) is 3.13. The molecule has 1 unspecified atom stereocenters. The van der Waals surface area contributed by atoms with Crippen LogP contribution >= 0.6 is 0 Å². The van der Waals surface area contributed by atoms with Crippen molar-refractivity contribution in [2.24, 2.45) is 0 Å². The molecule has 1 atom stereocenters. The van der Waals surface area contributed by atoms with Gasteiger partial charge in [0.05, 0.1) is 0 Å². The summed E-state index contributed by atoms with van der Waals surface area (Å²) < 4.78 is 10.00. The van der Waals surface area contributed by atoms with E-state index in [1.807, 2.05) is 18.2 Å². The van der Waals surface area contributed by atoms with E-state index in [2.05, 4.69) is 15.9 Å². The summed E-state index contributed by atoms with van der Waals surface area (Å²) in [6, 6.07) is 11.9. The zero-order chi connectivity index (χ0) is 15.8. The number of aromatic hydroxyl groups is 2. The second-order valence-electron chi connectivity index (χ2n) is 5.29. The van der Waals surface area contributed by atoms with Gasteiger partial charge in [-0.2, -0.15) is 4.67 Å². The first-order valence-electron chi connectivity index (χ1n) is 7.12. The van der Waals surface area contributed by atoms with Crippen LogP contribution in [0.3, 0.4) is 0 Å². The summed E-state index contributed by atoms with van der Waals surface area (Å²) in [5, 5.41) is 22.2. The molecule has 2 heterocycles. The van der Waals surface area contributed by atoms with E-state index in [1.54, 1.807) is 36.7 Å². The van der Waals surface area contributed by atoms with Crippen molar-refractivity contribution >= 4 is 23.9 Å². The summed E-state index contributed by atoms with van der Waals surface area (Å²) in [7, 11) is 0. The Morgan fingerprint density at radius 1 is 1.04 bits per heavy atom. The van der Waals surface area contributed by atoms with E-state index in [-0.39, 0.29) is 11.5 Å². The molecule has 0 radical (unpaired) electrons. The minimum Gasteiger partial charge on any atom is -0.508 e. The molecule has 0 spiro atoms. The smallest absolute Gasteiger partial charge is 0.348 e. The predicted octanol–water partition coefficient (Wildman–Crippen LogP) is 1.65. The molecule has 0 aromatic heterocycles. The SMILES string of the molecule is Oc1ccc(C2=Cc3ccc(O)cc3OC2C2=C=[N+]=CN2)cc1. The van der Waals surface area contributed by atoms with Crippen molar-refractivity contribution in [3.63, 3.8) is 0 Å². The number of hydrogen-bond acceptors (Lipinski definition) is 4. The fourth-order valence-corrected chi connectivity index (χ4v) is 2.65. The van der Waals surface area contributed by atoms with E-state index >= 15 is 0 Å². The molecule has 5 heteroatoms. The van der Waals surface area contributed by atoms with Gasteiger partial charge < -0.3 is 14.9 Å². The van der Waals surface area contributed by atoms with Crippen molar-refractivity contribution in [1.82, 2.24) is 9.98 Å². The Hall–Kier alpha value is -3.39. The third-order valence-corrected chi connectivity index (χ3v) is 3.77. The number of phenolic OH excluding ortho intramolecular Hbond substituents is 2. The highest BCUT2D eigenvalue weighted by Gasteiger charge is 2.32. The number of ether oxygens (including phenoxy) is 1. The molecule has 2 aromatic rings. The number of rotatable bonds is 2. The number of nitrogens with one attached hydrogen (secondary N) is 1. The largest absolute Gasteiger partial charge is 0.508 e. The van der Waals surface area contributed by atoms with Gasteiger partial charge in [0, 0.05) is 17.2 Å². The number of hydrogen-bond donors (Lipinski definition) is 3. The summed E-state index contributed by atoms with van der Waals surface area (Å²) in [6.45, 7) is 0. The van der Waals surface area contributed by atoms with Gasteiger partial charge in [-0.3, -0.25) is 0 Å². The Bertz CT molecular complexity index is 916. The average Bonchev–Trinajstić information content (AvgIpc) is 3.09. The van der Waals surface area contributed by atoms with Gasteiger partial charge in [0.15, 0.2) is 6.10 Å². The first-order valence-corrected chi connectivity index (χ1v) is 7.12. The van der Waals surface area contributed by atoms with Gasteiger partial charge in [0.2, 0.25) is 11.6 Å². The Labute approximate surface area is 132 Å². The van der Waals surface area contributed by atoms with Crippen LogP contribution in [0.15, 0.2) is 48.2 Å². The van der Waals surface area contributed by atoms with Crippen LogP contribution in [0.5, 0.6) is 17.2 Å². The first-order chi connectivity index (χ1) is 11.2. The van der Waals surface area contributed by atoms with Gasteiger partial charge in [0.1, 0.15) is 17.2 Å². The molecule has 5 nitrogen and oxygen atoms in total. The zero-order valence-corrected chi connectivity index (χ0v) is 12.0. The van der Waals surface area contributed by atoms with Crippen molar-refractivity contribution in [2.75, 3.05) is 0 Å². The van der Waals surface area contributed by atoms with E-state index in [0.717, 1.165) is 16.7 Å². The monoisotopic (exact) mass is 305 g/mol. The molecule has 0 fully saturated rings. The first kappa shape index (κ1) is 13.3. The van der Waals surface area contributed by atoms with Crippen LogP contribution in [0.4, 0.5) is 0 Å². The molecule has 112 valence electrons. The Morgan fingerprint density at radius 2 is 1.83 bits per heavy atom. The molecule has 23 heavy (non-hydrogen) atoms. The predicted molar refractivity (Wildman–Crippen MR) is 88.4 cm³/mol. The maximum absolute atomic E-state index is 9.66. The second-order valence-corrected chi connectivity index (χ2v) is 5.29. The summed E-state index contributed by atoms with van der Waals surface area (Å²) >= 11 is 0. The minimum atomic E-state index is -0.420. The standard InChI is InChI=1S/C18H12N2O3/c21-13-4-1-11(2-5-13)15-7-12-3-6-14(22)8-17(12)23-18(15)16-9-19-10-20-16/h1-8,10,18,21-22H/p+1. The lowest BCUT2D eigenvalue weighted by molar-refractivity contribution is 0.285. The molecule has 0 saturated heterocycles. The fourth-order valence-electron chi connectivity index (χ4n) is 2.65. The van der Waals surface area contributed by atoms with Gasteiger partial charge in [-0.15, -0.1) is 0 Å². The van der Waals surface area contributed by atoms with E-state index in [0.29, 0.717) is 11.4 Å². The van der Waals surface area contributed by atoms with Crippen LogP contribution in [0.2, 0.25) is 0 Å². The average molecular weight is 305 g/mol. The number of phenols is 2. The summed E-state index contributed by atoms with van der Waals surface area (Å²) in [5.41, 5.74) is 3.41. The Balaban J connectivity index is 1.86. The maximum atomic E-state index is 9.66. The maximum Gasteiger partial charge on any atom is 0.348 e. The van der Waals surface area contributed by atoms with Gasteiger partial charge in [0.25, 0.3) is 0 Å². The molecule has 3 N–H and O–H groups in total. The van der Waals surface area contributed by atoms with E-state index in [4.69, 9.17) is 4.74 Å². The summed E-state index contributed by atoms with van der Waals surface area (Å²) in [4.78, 5) is 0. The molecular formula is C18H13N2O3+. The fraction of sp³-hybridized carbons (Fsp3) is 0.0556. The Kier molecular flexibility index (Phi) is 2.95. The van der Waals surface area contributed by atoms with Crippen LogP contribution in [-0.4, -0.2) is 28.5 Å². The van der Waals surface area contributed by atoms with Gasteiger partial charge in [-0.1, -0.05) is 12.1 Å². The topological polar surface area (TPSA) is 75.8 Å². The van der Waals surface area contributed by atoms with Gasteiger partial charge in [-0.05, 0) is 35.9 Å². The van der Waals surface area contributed by atoms with Crippen molar-refractivity contribution in [1.29, 1.82) is 0 Å². The molecule has 0 aliphatic carbocycles. The molecule has 2 aliphatic heterocycles. The lowest BCUT2D eigenvalue weighted by Crippen LogP contribution is -2.30. The number of nitrogens with zero attached hydrogens (tertiary/aromatic N) is 1. The van der Waals surface area contributed by atoms with Crippen molar-refractivity contribution in [2.45, 2.75) is 6.10 Å². The number of fused-ring (bicyclic) bond motifs is 1. The molecule has 0 bridgehead atoms. The van der Waals surface area contributed by atoms with E-state index < -0.39 is 6.10 Å².